The highest BCUT2D eigenvalue weighted by Crippen LogP contribution is 2.35. The summed E-state index contributed by atoms with van der Waals surface area (Å²) in [6.45, 7) is 4.94. The molecule has 2 aromatic rings. The van der Waals surface area contributed by atoms with Crippen LogP contribution in [0, 0.1) is 0 Å². The molecule has 35 heavy (non-hydrogen) atoms. The van der Waals surface area contributed by atoms with Crippen molar-refractivity contribution in [2.75, 3.05) is 57.3 Å². The maximum Gasteiger partial charge on any atom is 0.268 e. The molecule has 1 amide bonds. The third-order valence-corrected chi connectivity index (χ3v) is 9.03. The molecular formula is C26H33N3O5S. The lowest BCUT2D eigenvalue weighted by atomic mass is 10.0. The van der Waals surface area contributed by atoms with Crippen molar-refractivity contribution < 1.29 is 22.7 Å². The van der Waals surface area contributed by atoms with Gasteiger partial charge in [-0.05, 0) is 55.5 Å². The zero-order valence-corrected chi connectivity index (χ0v) is 21.0. The maximum atomic E-state index is 13.8. The maximum absolute atomic E-state index is 13.8. The third-order valence-electron chi connectivity index (χ3n) is 7.19. The number of fused-ring (bicyclic) bond motifs is 1. The zero-order chi connectivity index (χ0) is 24.4. The van der Waals surface area contributed by atoms with Gasteiger partial charge in [0.25, 0.3) is 15.9 Å². The van der Waals surface area contributed by atoms with E-state index in [0.717, 1.165) is 57.5 Å². The fraction of sp³-hybridized carbons (Fsp3) is 0.500. The number of para-hydroxylation sites is 1. The molecule has 3 heterocycles. The summed E-state index contributed by atoms with van der Waals surface area (Å²) in [7, 11) is -2.46. The van der Waals surface area contributed by atoms with Gasteiger partial charge in [0.2, 0.25) is 0 Å². The van der Waals surface area contributed by atoms with E-state index in [-0.39, 0.29) is 16.6 Å². The van der Waals surface area contributed by atoms with Crippen LogP contribution in [0.15, 0.2) is 47.4 Å². The summed E-state index contributed by atoms with van der Waals surface area (Å²) in [5.74, 6) is 0.0888. The van der Waals surface area contributed by atoms with Gasteiger partial charge in [-0.1, -0.05) is 18.2 Å². The Balaban J connectivity index is 1.35. The topological polar surface area (TPSA) is 79.4 Å². The van der Waals surface area contributed by atoms with Gasteiger partial charge in [-0.3, -0.25) is 14.0 Å². The molecule has 0 aliphatic carbocycles. The van der Waals surface area contributed by atoms with Gasteiger partial charge in [0.1, 0.15) is 10.6 Å². The smallest absolute Gasteiger partial charge is 0.268 e. The Bertz CT molecular complexity index is 1170. The van der Waals surface area contributed by atoms with Crippen LogP contribution in [-0.2, 0) is 21.2 Å². The standard InChI is InChI=1S/C26H33N3O5S/c1-33-24-11-10-21(26(30)28-15-13-27(14-16-28)19-22-8-5-17-34-22)18-25(24)35(31,32)29-12-4-7-20-6-2-3-9-23(20)29/h2-3,6,9-11,18,22H,4-5,7-8,12-17,19H2,1H3/t22-/m0/s1. The van der Waals surface area contributed by atoms with Crippen LogP contribution in [0.1, 0.15) is 35.2 Å². The van der Waals surface area contributed by atoms with Crippen LogP contribution in [0.25, 0.3) is 0 Å². The van der Waals surface area contributed by atoms with Crippen molar-refractivity contribution >= 4 is 21.6 Å². The van der Waals surface area contributed by atoms with E-state index in [0.29, 0.717) is 37.0 Å². The Labute approximate surface area is 207 Å². The number of hydrogen-bond acceptors (Lipinski definition) is 6. The molecule has 8 nitrogen and oxygen atoms in total. The lowest BCUT2D eigenvalue weighted by Crippen LogP contribution is -2.50. The van der Waals surface area contributed by atoms with E-state index in [1.165, 1.54) is 17.5 Å². The molecule has 9 heteroatoms. The highest BCUT2D eigenvalue weighted by Gasteiger charge is 2.33. The molecule has 0 aromatic heterocycles. The number of nitrogens with zero attached hydrogens (tertiary/aromatic N) is 3. The first kappa shape index (κ1) is 24.1. The fourth-order valence-electron chi connectivity index (χ4n) is 5.27. The van der Waals surface area contributed by atoms with E-state index in [1.54, 1.807) is 17.0 Å². The highest BCUT2D eigenvalue weighted by atomic mass is 32.2. The van der Waals surface area contributed by atoms with Gasteiger partial charge < -0.3 is 14.4 Å². The van der Waals surface area contributed by atoms with Crippen molar-refractivity contribution in [2.24, 2.45) is 0 Å². The van der Waals surface area contributed by atoms with Crippen LogP contribution < -0.4 is 9.04 Å². The molecule has 2 aromatic carbocycles. The normalized spacial score (nSPS) is 21.1. The number of amides is 1. The Kier molecular flexibility index (Phi) is 7.00. The minimum atomic E-state index is -3.91. The average molecular weight is 500 g/mol. The van der Waals surface area contributed by atoms with E-state index in [1.807, 2.05) is 24.3 Å². The van der Waals surface area contributed by atoms with E-state index < -0.39 is 10.0 Å². The number of rotatable bonds is 6. The van der Waals surface area contributed by atoms with Gasteiger partial charge in [0.05, 0.1) is 18.9 Å². The van der Waals surface area contributed by atoms with Crippen LogP contribution in [0.4, 0.5) is 5.69 Å². The van der Waals surface area contributed by atoms with Crippen molar-refractivity contribution in [2.45, 2.75) is 36.7 Å². The van der Waals surface area contributed by atoms with Gasteiger partial charge in [0.15, 0.2) is 0 Å². The van der Waals surface area contributed by atoms with Gasteiger partial charge in [0, 0.05) is 51.4 Å². The lowest BCUT2D eigenvalue weighted by Gasteiger charge is -2.36. The van der Waals surface area contributed by atoms with Gasteiger partial charge in [-0.25, -0.2) is 8.42 Å². The monoisotopic (exact) mass is 499 g/mol. The van der Waals surface area contributed by atoms with Crippen molar-refractivity contribution in [3.05, 3.63) is 53.6 Å². The summed E-state index contributed by atoms with van der Waals surface area (Å²) >= 11 is 0. The second kappa shape index (κ2) is 10.2. The first-order valence-electron chi connectivity index (χ1n) is 12.4. The molecular weight excluding hydrogens is 466 g/mol. The number of hydrogen-bond donors (Lipinski definition) is 0. The lowest BCUT2D eigenvalue weighted by molar-refractivity contribution is 0.0432. The average Bonchev–Trinajstić information content (AvgIpc) is 3.41. The number of aryl methyl sites for hydroxylation is 1. The molecule has 0 spiro atoms. The Hall–Kier alpha value is -2.62. The Morgan fingerprint density at radius 3 is 2.60 bits per heavy atom. The van der Waals surface area contributed by atoms with Gasteiger partial charge in [-0.2, -0.15) is 0 Å². The predicted octanol–water partition coefficient (Wildman–Crippen LogP) is 2.77. The summed E-state index contributed by atoms with van der Waals surface area (Å²) in [5, 5.41) is 0. The van der Waals surface area contributed by atoms with Crippen LogP contribution >= 0.6 is 0 Å². The fourth-order valence-corrected chi connectivity index (χ4v) is 7.00. The summed E-state index contributed by atoms with van der Waals surface area (Å²) in [5.41, 5.74) is 2.07. The van der Waals surface area contributed by atoms with Crippen molar-refractivity contribution in [3.8, 4) is 5.75 Å². The molecule has 0 N–H and O–H groups in total. The molecule has 0 bridgehead atoms. The largest absolute Gasteiger partial charge is 0.495 e. The number of carbonyl (C=O) groups excluding carboxylic acids is 1. The van der Waals surface area contributed by atoms with E-state index >= 15 is 0 Å². The number of carbonyl (C=O) groups is 1. The molecule has 0 unspecified atom stereocenters. The summed E-state index contributed by atoms with van der Waals surface area (Å²) in [6, 6.07) is 12.3. The Morgan fingerprint density at radius 1 is 1.06 bits per heavy atom. The summed E-state index contributed by atoms with van der Waals surface area (Å²) in [6.07, 6.45) is 4.11. The van der Waals surface area contributed by atoms with Crippen LogP contribution in [0.3, 0.4) is 0 Å². The Morgan fingerprint density at radius 2 is 1.86 bits per heavy atom. The molecule has 3 aliphatic heterocycles. The molecule has 0 saturated carbocycles. The van der Waals surface area contributed by atoms with Crippen molar-refractivity contribution in [3.63, 3.8) is 0 Å². The summed E-state index contributed by atoms with van der Waals surface area (Å²) < 4.78 is 40.2. The van der Waals surface area contributed by atoms with E-state index in [4.69, 9.17) is 9.47 Å². The number of sulfonamides is 1. The second-order valence-electron chi connectivity index (χ2n) is 9.40. The number of benzene rings is 2. The molecule has 3 aliphatic rings. The van der Waals surface area contributed by atoms with Gasteiger partial charge in [-0.15, -0.1) is 0 Å². The molecule has 2 fully saturated rings. The third kappa shape index (κ3) is 4.90. The first-order chi connectivity index (χ1) is 17.0. The number of anilines is 1. The van der Waals surface area contributed by atoms with Crippen molar-refractivity contribution in [1.82, 2.24) is 9.80 Å². The van der Waals surface area contributed by atoms with Gasteiger partial charge >= 0.3 is 0 Å². The zero-order valence-electron chi connectivity index (χ0n) is 20.2. The van der Waals surface area contributed by atoms with Crippen LogP contribution in [0.2, 0.25) is 0 Å². The molecule has 5 rings (SSSR count). The number of methoxy groups -OCH3 is 1. The minimum absolute atomic E-state index is 0.0274. The molecule has 2 saturated heterocycles. The first-order valence-corrected chi connectivity index (χ1v) is 13.8. The quantitative estimate of drug-likeness (QED) is 0.608. The van der Waals surface area contributed by atoms with E-state index in [2.05, 4.69) is 4.90 Å². The van der Waals surface area contributed by atoms with Crippen LogP contribution in [0.5, 0.6) is 5.75 Å². The highest BCUT2D eigenvalue weighted by molar-refractivity contribution is 7.93. The molecule has 0 radical (unpaired) electrons. The van der Waals surface area contributed by atoms with Crippen molar-refractivity contribution in [1.29, 1.82) is 0 Å². The number of ether oxygens (including phenoxy) is 2. The predicted molar refractivity (Wildman–Crippen MR) is 134 cm³/mol. The van der Waals surface area contributed by atoms with E-state index in [9.17, 15) is 13.2 Å². The number of piperazine rings is 1. The molecule has 188 valence electrons. The summed E-state index contributed by atoms with van der Waals surface area (Å²) in [4.78, 5) is 17.5. The van der Waals surface area contributed by atoms with Crippen LogP contribution in [-0.4, -0.2) is 83.2 Å². The SMILES string of the molecule is COc1ccc(C(=O)N2CCN(C[C@@H]3CCCO3)CC2)cc1S(=O)(=O)N1CCCc2ccccc21. The second-order valence-corrected chi connectivity index (χ2v) is 11.2. The minimum Gasteiger partial charge on any atom is -0.495 e. The molecule has 1 atom stereocenters.